The fraction of sp³-hybridized carbons (Fsp3) is 0.667. The van der Waals surface area contributed by atoms with E-state index in [4.69, 9.17) is 4.74 Å². The lowest BCUT2D eigenvalue weighted by atomic mass is 9.95. The Morgan fingerprint density at radius 1 is 1.25 bits per heavy atom. The molecule has 1 aromatic carbocycles. The molecule has 1 aliphatic heterocycles. The molecule has 28 heavy (non-hydrogen) atoms. The van der Waals surface area contributed by atoms with Crippen LogP contribution < -0.4 is 4.74 Å². The number of hydrogen-bond donors (Lipinski definition) is 1. The van der Waals surface area contributed by atoms with Gasteiger partial charge in [-0.05, 0) is 50.3 Å². The molecule has 0 unspecified atom stereocenters. The maximum atomic E-state index is 13.5. The van der Waals surface area contributed by atoms with E-state index in [0.29, 0.717) is 25.6 Å². The summed E-state index contributed by atoms with van der Waals surface area (Å²) >= 11 is 0. The summed E-state index contributed by atoms with van der Waals surface area (Å²) in [6.07, 6.45) is 3.06. The first kappa shape index (κ1) is 22.7. The molecule has 2 rings (SSSR count). The fourth-order valence-corrected chi connectivity index (χ4v) is 5.54. The van der Waals surface area contributed by atoms with Crippen LogP contribution >= 0.6 is 0 Å². The predicted molar refractivity (Wildman–Crippen MR) is 110 cm³/mol. The lowest BCUT2D eigenvalue weighted by molar-refractivity contribution is -0.141. The van der Waals surface area contributed by atoms with Crippen molar-refractivity contribution in [3.63, 3.8) is 0 Å². The van der Waals surface area contributed by atoms with E-state index >= 15 is 0 Å². The Bertz CT molecular complexity index is 752. The Labute approximate surface area is 168 Å². The van der Waals surface area contributed by atoms with Gasteiger partial charge in [0.15, 0.2) is 14.6 Å². The quantitative estimate of drug-likeness (QED) is 0.633. The summed E-state index contributed by atoms with van der Waals surface area (Å²) in [7, 11) is -4.10. The third-order valence-corrected chi connectivity index (χ3v) is 8.02. The smallest absolute Gasteiger partial charge is 0.325 e. The van der Waals surface area contributed by atoms with E-state index in [-0.39, 0.29) is 23.5 Å². The van der Waals surface area contributed by atoms with Gasteiger partial charge in [-0.25, -0.2) is 8.42 Å². The van der Waals surface area contributed by atoms with Gasteiger partial charge in [0.25, 0.3) is 0 Å². The van der Waals surface area contributed by atoms with Crippen LogP contribution in [0.1, 0.15) is 52.9 Å². The van der Waals surface area contributed by atoms with Gasteiger partial charge in [0.05, 0.1) is 6.61 Å². The first-order valence-electron chi connectivity index (χ1n) is 10.2. The standard InChI is InChI=1S/C21H33NO5S/c1-4-5-13-22-14-11-21(12-15-22,20(23)24)28(25,26)19-9-7-6-8-18(19)27-16-10-17(2)3/h6-9,17H,4-5,10-16H2,1-3H3,(H,23,24). The van der Waals surface area contributed by atoms with Crippen LogP contribution in [0.15, 0.2) is 29.2 Å². The molecular weight excluding hydrogens is 378 g/mol. The molecule has 158 valence electrons. The molecule has 1 N–H and O–H groups in total. The van der Waals surface area contributed by atoms with Crippen molar-refractivity contribution in [2.24, 2.45) is 5.92 Å². The van der Waals surface area contributed by atoms with Crippen molar-refractivity contribution in [3.8, 4) is 5.75 Å². The predicted octanol–water partition coefficient (Wildman–Crippen LogP) is 3.60. The van der Waals surface area contributed by atoms with Gasteiger partial charge in [-0.3, -0.25) is 4.79 Å². The van der Waals surface area contributed by atoms with Gasteiger partial charge in [0.1, 0.15) is 10.6 Å². The van der Waals surface area contributed by atoms with E-state index in [0.717, 1.165) is 25.8 Å². The molecule has 1 heterocycles. The highest BCUT2D eigenvalue weighted by Gasteiger charge is 2.54. The lowest BCUT2D eigenvalue weighted by Gasteiger charge is -2.38. The molecule has 1 aromatic rings. The van der Waals surface area contributed by atoms with Crippen LogP contribution in [0.4, 0.5) is 0 Å². The van der Waals surface area contributed by atoms with Crippen molar-refractivity contribution in [1.29, 1.82) is 0 Å². The molecule has 7 heteroatoms. The van der Waals surface area contributed by atoms with Crippen LogP contribution in [-0.4, -0.2) is 55.4 Å². The minimum Gasteiger partial charge on any atom is -0.492 e. The molecule has 0 atom stereocenters. The minimum atomic E-state index is -4.10. The molecule has 0 amide bonds. The number of benzene rings is 1. The van der Waals surface area contributed by atoms with Crippen LogP contribution in [0.5, 0.6) is 5.75 Å². The molecule has 1 fully saturated rings. The van der Waals surface area contributed by atoms with Crippen LogP contribution in [-0.2, 0) is 14.6 Å². The Balaban J connectivity index is 2.29. The first-order chi connectivity index (χ1) is 13.2. The minimum absolute atomic E-state index is 0.0110. The maximum absolute atomic E-state index is 13.5. The van der Waals surface area contributed by atoms with E-state index in [1.807, 2.05) is 0 Å². The van der Waals surface area contributed by atoms with Crippen LogP contribution in [0.25, 0.3) is 0 Å². The van der Waals surface area contributed by atoms with E-state index in [2.05, 4.69) is 25.7 Å². The second-order valence-electron chi connectivity index (χ2n) is 7.98. The molecule has 0 bridgehead atoms. The number of para-hydroxylation sites is 1. The van der Waals surface area contributed by atoms with E-state index < -0.39 is 20.6 Å². The number of carboxylic acid groups (broad SMARTS) is 1. The van der Waals surface area contributed by atoms with Crippen LogP contribution in [0.2, 0.25) is 0 Å². The molecule has 0 aromatic heterocycles. The number of unbranched alkanes of at least 4 members (excludes halogenated alkanes) is 1. The van der Waals surface area contributed by atoms with Crippen molar-refractivity contribution in [1.82, 2.24) is 4.90 Å². The molecule has 1 saturated heterocycles. The van der Waals surface area contributed by atoms with Gasteiger partial charge in [-0.15, -0.1) is 0 Å². The van der Waals surface area contributed by atoms with Crippen LogP contribution in [0.3, 0.4) is 0 Å². The second-order valence-corrected chi connectivity index (χ2v) is 10.2. The monoisotopic (exact) mass is 411 g/mol. The third-order valence-electron chi connectivity index (χ3n) is 5.49. The van der Waals surface area contributed by atoms with Crippen molar-refractivity contribution >= 4 is 15.8 Å². The Hall–Kier alpha value is -1.60. The third kappa shape index (κ3) is 4.87. The van der Waals surface area contributed by atoms with Gasteiger partial charge in [-0.1, -0.05) is 39.3 Å². The summed E-state index contributed by atoms with van der Waals surface area (Å²) < 4.78 is 31.0. The number of sulfone groups is 1. The SMILES string of the molecule is CCCCN1CCC(C(=O)O)(S(=O)(=O)c2ccccc2OCCC(C)C)CC1. The maximum Gasteiger partial charge on any atom is 0.325 e. The molecular formula is C21H33NO5S. The number of piperidine rings is 1. The summed E-state index contributed by atoms with van der Waals surface area (Å²) in [6.45, 7) is 8.46. The highest BCUT2D eigenvalue weighted by atomic mass is 32.2. The van der Waals surface area contributed by atoms with Gasteiger partial charge in [-0.2, -0.15) is 0 Å². The number of carbonyl (C=O) groups is 1. The Kier molecular flexibility index (Phi) is 7.89. The van der Waals surface area contributed by atoms with Crippen molar-refractivity contribution < 1.29 is 23.1 Å². The highest BCUT2D eigenvalue weighted by Crippen LogP contribution is 2.39. The number of aliphatic carboxylic acids is 1. The normalized spacial score (nSPS) is 17.6. The Morgan fingerprint density at radius 2 is 1.89 bits per heavy atom. The number of likely N-dealkylation sites (tertiary alicyclic amines) is 1. The van der Waals surface area contributed by atoms with Gasteiger partial charge < -0.3 is 14.7 Å². The van der Waals surface area contributed by atoms with E-state index in [1.165, 1.54) is 6.07 Å². The fourth-order valence-electron chi connectivity index (χ4n) is 3.52. The number of carboxylic acids is 1. The summed E-state index contributed by atoms with van der Waals surface area (Å²) in [5.41, 5.74) is 0. The Morgan fingerprint density at radius 3 is 2.46 bits per heavy atom. The zero-order chi connectivity index (χ0) is 20.8. The van der Waals surface area contributed by atoms with E-state index in [1.54, 1.807) is 18.2 Å². The number of hydrogen-bond acceptors (Lipinski definition) is 5. The van der Waals surface area contributed by atoms with Crippen molar-refractivity contribution in [2.75, 3.05) is 26.2 Å². The van der Waals surface area contributed by atoms with Crippen molar-refractivity contribution in [3.05, 3.63) is 24.3 Å². The molecule has 6 nitrogen and oxygen atoms in total. The summed E-state index contributed by atoms with van der Waals surface area (Å²) in [4.78, 5) is 14.3. The highest BCUT2D eigenvalue weighted by molar-refractivity contribution is 7.93. The van der Waals surface area contributed by atoms with Gasteiger partial charge in [0.2, 0.25) is 0 Å². The summed E-state index contributed by atoms with van der Waals surface area (Å²) in [6, 6.07) is 6.41. The molecule has 0 saturated carbocycles. The second kappa shape index (κ2) is 9.74. The largest absolute Gasteiger partial charge is 0.492 e. The number of rotatable bonds is 10. The lowest BCUT2D eigenvalue weighted by Crippen LogP contribution is -2.54. The van der Waals surface area contributed by atoms with Gasteiger partial charge >= 0.3 is 5.97 Å². The topological polar surface area (TPSA) is 83.9 Å². The van der Waals surface area contributed by atoms with E-state index in [9.17, 15) is 18.3 Å². The molecule has 0 spiro atoms. The number of ether oxygens (including phenoxy) is 1. The zero-order valence-corrected chi connectivity index (χ0v) is 18.0. The summed E-state index contributed by atoms with van der Waals surface area (Å²) in [5.74, 6) is -0.585. The number of nitrogens with zero attached hydrogens (tertiary/aromatic N) is 1. The molecule has 0 aliphatic carbocycles. The molecule has 0 radical (unpaired) electrons. The average Bonchev–Trinajstić information content (AvgIpc) is 2.66. The van der Waals surface area contributed by atoms with Crippen LogP contribution in [0, 0.1) is 5.92 Å². The zero-order valence-electron chi connectivity index (χ0n) is 17.2. The van der Waals surface area contributed by atoms with Gasteiger partial charge in [0, 0.05) is 13.1 Å². The first-order valence-corrected chi connectivity index (χ1v) is 11.6. The summed E-state index contributed by atoms with van der Waals surface area (Å²) in [5, 5.41) is 9.95. The van der Waals surface area contributed by atoms with Crippen molar-refractivity contribution in [2.45, 2.75) is 62.5 Å². The molecule has 1 aliphatic rings. The average molecular weight is 412 g/mol.